The molecule has 124 valence electrons. The maximum atomic E-state index is 12.0. The van der Waals surface area contributed by atoms with Gasteiger partial charge in [-0.05, 0) is 38.0 Å². The molecule has 1 aromatic carbocycles. The Bertz CT molecular complexity index is 647. The minimum absolute atomic E-state index is 0. The van der Waals surface area contributed by atoms with Crippen molar-refractivity contribution in [3.05, 3.63) is 23.8 Å². The molecule has 0 saturated carbocycles. The average molecular weight is 348 g/mol. The lowest BCUT2D eigenvalue weighted by molar-refractivity contribution is -0.116. The standard InChI is InChI=1S/C14H21N3O3S.ClH/c1-10-4-5-12(16-14(18)8-11(2)15)9-13(10)17-6-3-7-21(17,19)20;/h4-5,9,11H,3,6-8,15H2,1-2H3,(H,16,18);1H. The van der Waals surface area contributed by atoms with Gasteiger partial charge in [0, 0.05) is 24.7 Å². The van der Waals surface area contributed by atoms with Crippen LogP contribution in [0.15, 0.2) is 18.2 Å². The van der Waals surface area contributed by atoms with E-state index in [1.54, 1.807) is 19.1 Å². The van der Waals surface area contributed by atoms with Gasteiger partial charge in [-0.3, -0.25) is 9.10 Å². The summed E-state index contributed by atoms with van der Waals surface area (Å²) < 4.78 is 25.5. The zero-order valence-corrected chi connectivity index (χ0v) is 14.3. The Labute approximate surface area is 137 Å². The molecule has 1 aliphatic heterocycles. The molecule has 3 N–H and O–H groups in total. The van der Waals surface area contributed by atoms with Crippen molar-refractivity contribution in [1.29, 1.82) is 0 Å². The van der Waals surface area contributed by atoms with Gasteiger partial charge in [-0.25, -0.2) is 8.42 Å². The van der Waals surface area contributed by atoms with Gasteiger partial charge in [-0.1, -0.05) is 6.07 Å². The number of amides is 1. The molecule has 1 saturated heterocycles. The van der Waals surface area contributed by atoms with Crippen molar-refractivity contribution in [1.82, 2.24) is 0 Å². The Morgan fingerprint density at radius 3 is 2.68 bits per heavy atom. The molecule has 22 heavy (non-hydrogen) atoms. The van der Waals surface area contributed by atoms with Crippen molar-refractivity contribution in [3.63, 3.8) is 0 Å². The number of anilines is 2. The van der Waals surface area contributed by atoms with Crippen LogP contribution in [0.25, 0.3) is 0 Å². The van der Waals surface area contributed by atoms with Gasteiger partial charge in [0.15, 0.2) is 0 Å². The highest BCUT2D eigenvalue weighted by molar-refractivity contribution is 7.93. The number of hydrogen-bond acceptors (Lipinski definition) is 4. The zero-order chi connectivity index (χ0) is 15.6. The topological polar surface area (TPSA) is 92.5 Å². The molecule has 2 rings (SSSR count). The van der Waals surface area contributed by atoms with E-state index in [0.717, 1.165) is 5.56 Å². The Morgan fingerprint density at radius 2 is 2.14 bits per heavy atom. The van der Waals surface area contributed by atoms with Crippen LogP contribution in [-0.2, 0) is 14.8 Å². The normalized spacial score (nSPS) is 17.7. The number of aryl methyl sites for hydroxylation is 1. The number of carbonyl (C=O) groups excluding carboxylic acids is 1. The highest BCUT2D eigenvalue weighted by Gasteiger charge is 2.29. The van der Waals surface area contributed by atoms with E-state index < -0.39 is 10.0 Å². The van der Waals surface area contributed by atoms with E-state index in [1.165, 1.54) is 4.31 Å². The first-order valence-corrected chi connectivity index (χ1v) is 8.57. The van der Waals surface area contributed by atoms with E-state index in [9.17, 15) is 13.2 Å². The van der Waals surface area contributed by atoms with Crippen LogP contribution in [0.1, 0.15) is 25.3 Å². The van der Waals surface area contributed by atoms with Crippen LogP contribution < -0.4 is 15.4 Å². The van der Waals surface area contributed by atoms with Crippen LogP contribution in [0.3, 0.4) is 0 Å². The van der Waals surface area contributed by atoms with Gasteiger partial charge in [0.1, 0.15) is 0 Å². The van der Waals surface area contributed by atoms with Crippen LogP contribution >= 0.6 is 12.4 Å². The summed E-state index contributed by atoms with van der Waals surface area (Å²) in [5, 5.41) is 2.75. The van der Waals surface area contributed by atoms with Crippen molar-refractivity contribution in [3.8, 4) is 0 Å². The van der Waals surface area contributed by atoms with Crippen LogP contribution in [0, 0.1) is 6.92 Å². The van der Waals surface area contributed by atoms with Crippen molar-refractivity contribution in [2.75, 3.05) is 21.9 Å². The molecule has 1 aliphatic rings. The number of halogens is 1. The lowest BCUT2D eigenvalue weighted by atomic mass is 10.1. The van der Waals surface area contributed by atoms with Gasteiger partial charge in [0.25, 0.3) is 0 Å². The van der Waals surface area contributed by atoms with E-state index in [-0.39, 0.29) is 36.5 Å². The fourth-order valence-electron chi connectivity index (χ4n) is 2.37. The fourth-order valence-corrected chi connectivity index (χ4v) is 3.99. The van der Waals surface area contributed by atoms with E-state index >= 15 is 0 Å². The quantitative estimate of drug-likeness (QED) is 0.865. The minimum Gasteiger partial charge on any atom is -0.327 e. The molecule has 1 amide bonds. The Hall–Kier alpha value is -1.31. The van der Waals surface area contributed by atoms with Crippen LogP contribution in [-0.4, -0.2) is 32.7 Å². The molecule has 0 aliphatic carbocycles. The summed E-state index contributed by atoms with van der Waals surface area (Å²) in [6.07, 6.45) is 0.855. The largest absolute Gasteiger partial charge is 0.327 e. The SMILES string of the molecule is Cc1ccc(NC(=O)CC(C)N)cc1N1CCCS1(=O)=O.Cl. The van der Waals surface area contributed by atoms with Crippen molar-refractivity contribution < 1.29 is 13.2 Å². The molecule has 0 bridgehead atoms. The van der Waals surface area contributed by atoms with Crippen LogP contribution in [0.4, 0.5) is 11.4 Å². The number of nitrogens with one attached hydrogen (secondary N) is 1. The number of benzene rings is 1. The molecule has 0 aromatic heterocycles. The van der Waals surface area contributed by atoms with Crippen LogP contribution in [0.5, 0.6) is 0 Å². The van der Waals surface area contributed by atoms with E-state index in [0.29, 0.717) is 24.3 Å². The summed E-state index contributed by atoms with van der Waals surface area (Å²) in [7, 11) is -3.23. The van der Waals surface area contributed by atoms with Crippen molar-refractivity contribution >= 4 is 39.7 Å². The van der Waals surface area contributed by atoms with Crippen molar-refractivity contribution in [2.24, 2.45) is 5.73 Å². The van der Waals surface area contributed by atoms with Gasteiger partial charge >= 0.3 is 0 Å². The smallest absolute Gasteiger partial charge is 0.235 e. The molecule has 1 heterocycles. The third kappa shape index (κ3) is 4.34. The van der Waals surface area contributed by atoms with Gasteiger partial charge < -0.3 is 11.1 Å². The number of carbonyl (C=O) groups is 1. The summed E-state index contributed by atoms with van der Waals surface area (Å²) in [5.41, 5.74) is 7.67. The molecule has 6 nitrogen and oxygen atoms in total. The summed E-state index contributed by atoms with van der Waals surface area (Å²) in [6.45, 7) is 4.11. The maximum Gasteiger partial charge on any atom is 0.235 e. The zero-order valence-electron chi connectivity index (χ0n) is 12.7. The first-order chi connectivity index (χ1) is 9.79. The van der Waals surface area contributed by atoms with Crippen LogP contribution in [0.2, 0.25) is 0 Å². The van der Waals surface area contributed by atoms with Gasteiger partial charge in [0.05, 0.1) is 11.4 Å². The molecule has 1 fully saturated rings. The van der Waals surface area contributed by atoms with E-state index in [1.807, 2.05) is 13.0 Å². The maximum absolute atomic E-state index is 12.0. The first kappa shape index (κ1) is 18.7. The molecular weight excluding hydrogens is 326 g/mol. The van der Waals surface area contributed by atoms with Crippen molar-refractivity contribution in [2.45, 2.75) is 32.7 Å². The lowest BCUT2D eigenvalue weighted by Gasteiger charge is -2.20. The highest BCUT2D eigenvalue weighted by atomic mass is 35.5. The van der Waals surface area contributed by atoms with Gasteiger partial charge in [-0.15, -0.1) is 12.4 Å². The molecule has 0 radical (unpaired) electrons. The number of hydrogen-bond donors (Lipinski definition) is 2. The fraction of sp³-hybridized carbons (Fsp3) is 0.500. The third-order valence-electron chi connectivity index (χ3n) is 3.37. The second-order valence-corrected chi connectivity index (χ2v) is 7.49. The predicted molar refractivity (Wildman–Crippen MR) is 91.1 cm³/mol. The summed E-state index contributed by atoms with van der Waals surface area (Å²) in [4.78, 5) is 11.7. The Morgan fingerprint density at radius 1 is 1.45 bits per heavy atom. The minimum atomic E-state index is -3.23. The molecule has 1 unspecified atom stereocenters. The monoisotopic (exact) mass is 347 g/mol. The summed E-state index contributed by atoms with van der Waals surface area (Å²) in [6, 6.07) is 5.07. The molecule has 8 heteroatoms. The second kappa shape index (κ2) is 7.30. The average Bonchev–Trinajstić information content (AvgIpc) is 2.70. The third-order valence-corrected chi connectivity index (χ3v) is 5.22. The summed E-state index contributed by atoms with van der Waals surface area (Å²) in [5.74, 6) is -0.00246. The van der Waals surface area contributed by atoms with E-state index in [2.05, 4.69) is 5.32 Å². The van der Waals surface area contributed by atoms with Gasteiger partial charge in [-0.2, -0.15) is 0 Å². The lowest BCUT2D eigenvalue weighted by Crippen LogP contribution is -2.26. The summed E-state index contributed by atoms with van der Waals surface area (Å²) >= 11 is 0. The predicted octanol–water partition coefficient (Wildman–Crippen LogP) is 1.63. The molecule has 1 atom stereocenters. The number of sulfonamides is 1. The Balaban J connectivity index is 0.00000242. The number of rotatable bonds is 4. The first-order valence-electron chi connectivity index (χ1n) is 6.96. The van der Waals surface area contributed by atoms with E-state index in [4.69, 9.17) is 5.73 Å². The number of nitrogens with two attached hydrogens (primary N) is 1. The molecule has 0 spiro atoms. The second-order valence-electron chi connectivity index (χ2n) is 5.47. The number of nitrogens with zero attached hydrogens (tertiary/aromatic N) is 1. The Kier molecular flexibility index (Phi) is 6.22. The molecular formula is C14H22ClN3O3S. The molecule has 1 aromatic rings. The highest BCUT2D eigenvalue weighted by Crippen LogP contribution is 2.30. The van der Waals surface area contributed by atoms with Gasteiger partial charge in [0.2, 0.25) is 15.9 Å².